The summed E-state index contributed by atoms with van der Waals surface area (Å²) in [4.78, 5) is 11.2. The highest BCUT2D eigenvalue weighted by atomic mass is 32.2. The quantitative estimate of drug-likeness (QED) is 0.841. The number of hydrogen-bond acceptors (Lipinski definition) is 4. The third-order valence-corrected chi connectivity index (χ3v) is 3.30. The van der Waals surface area contributed by atoms with Crippen LogP contribution in [0.1, 0.15) is 17.3 Å². The van der Waals surface area contributed by atoms with Gasteiger partial charge in [-0.05, 0) is 30.0 Å². The smallest absolute Gasteiger partial charge is 0.342 e. The molecule has 7 heteroatoms. The van der Waals surface area contributed by atoms with Crippen LogP contribution in [0.2, 0.25) is 0 Å². The number of nitrogens with zero attached hydrogens (tertiary/aromatic N) is 2. The Labute approximate surface area is 113 Å². The summed E-state index contributed by atoms with van der Waals surface area (Å²) in [5.41, 5.74) is 6.32. The van der Waals surface area contributed by atoms with Gasteiger partial charge in [0, 0.05) is 0 Å². The second kappa shape index (κ2) is 5.31. The summed E-state index contributed by atoms with van der Waals surface area (Å²) in [6.07, 6.45) is 0. The molecule has 2 rings (SSSR count). The molecule has 0 radical (unpaired) electrons. The fourth-order valence-corrected chi connectivity index (χ4v) is 2.38. The third-order valence-electron chi connectivity index (χ3n) is 2.46. The fraction of sp³-hybridized carbons (Fsp3) is 0.167. The summed E-state index contributed by atoms with van der Waals surface area (Å²) in [6, 6.07) is 5.52. The second-order valence-electron chi connectivity index (χ2n) is 3.69. The monoisotopic (exact) mass is 281 g/mol. The summed E-state index contributed by atoms with van der Waals surface area (Å²) in [5, 5.41) is 13.7. The highest BCUT2D eigenvalue weighted by Crippen LogP contribution is 2.28. The molecule has 0 saturated carbocycles. The van der Waals surface area contributed by atoms with Crippen molar-refractivity contribution in [3.63, 3.8) is 0 Å². The number of anilines is 1. The average Bonchev–Trinajstić information content (AvgIpc) is 2.68. The third kappa shape index (κ3) is 2.55. The van der Waals surface area contributed by atoms with E-state index in [-0.39, 0.29) is 17.2 Å². The first-order valence-electron chi connectivity index (χ1n) is 5.55. The van der Waals surface area contributed by atoms with Gasteiger partial charge in [0.2, 0.25) is 0 Å². The topological polar surface area (TPSA) is 81.1 Å². The van der Waals surface area contributed by atoms with Gasteiger partial charge in [0.15, 0.2) is 0 Å². The number of nitrogens with two attached hydrogens (primary N) is 1. The Bertz CT molecular complexity index is 610. The lowest BCUT2D eigenvalue weighted by molar-refractivity contribution is 0.0694. The number of aromatic carboxylic acids is 1. The molecule has 0 fully saturated rings. The van der Waals surface area contributed by atoms with E-state index in [9.17, 15) is 14.3 Å². The van der Waals surface area contributed by atoms with Gasteiger partial charge in [0.25, 0.3) is 0 Å². The van der Waals surface area contributed by atoms with Crippen molar-refractivity contribution in [3.05, 3.63) is 35.6 Å². The summed E-state index contributed by atoms with van der Waals surface area (Å²) in [6.45, 7) is 1.89. The summed E-state index contributed by atoms with van der Waals surface area (Å²) < 4.78 is 14.2. The Morgan fingerprint density at radius 2 is 2.11 bits per heavy atom. The van der Waals surface area contributed by atoms with Crippen molar-refractivity contribution in [2.75, 3.05) is 11.5 Å². The molecular formula is C12H12FN3O2S. The van der Waals surface area contributed by atoms with Gasteiger partial charge in [-0.25, -0.2) is 13.9 Å². The largest absolute Gasteiger partial charge is 0.477 e. The summed E-state index contributed by atoms with van der Waals surface area (Å²) >= 11 is 1.30. The molecule has 0 aliphatic rings. The SMILES string of the molecule is CCSc1nn(-c2ccc(F)cc2)c(N)c1C(=O)O. The van der Waals surface area contributed by atoms with Crippen molar-refractivity contribution in [1.29, 1.82) is 0 Å². The maximum absolute atomic E-state index is 12.9. The van der Waals surface area contributed by atoms with Crippen LogP contribution in [0.4, 0.5) is 10.2 Å². The highest BCUT2D eigenvalue weighted by Gasteiger charge is 2.22. The molecule has 0 atom stereocenters. The van der Waals surface area contributed by atoms with Crippen LogP contribution >= 0.6 is 11.8 Å². The molecule has 0 bridgehead atoms. The molecule has 0 spiro atoms. The van der Waals surface area contributed by atoms with E-state index in [0.29, 0.717) is 16.5 Å². The number of benzene rings is 1. The van der Waals surface area contributed by atoms with Crippen LogP contribution in [0.15, 0.2) is 29.3 Å². The first kappa shape index (κ1) is 13.4. The predicted octanol–water partition coefficient (Wildman–Crippen LogP) is 2.40. The van der Waals surface area contributed by atoms with E-state index in [2.05, 4.69) is 5.10 Å². The van der Waals surface area contributed by atoms with Crippen molar-refractivity contribution >= 4 is 23.5 Å². The van der Waals surface area contributed by atoms with E-state index in [1.54, 1.807) is 0 Å². The molecule has 100 valence electrons. The van der Waals surface area contributed by atoms with Crippen molar-refractivity contribution < 1.29 is 14.3 Å². The van der Waals surface area contributed by atoms with Gasteiger partial charge in [-0.1, -0.05) is 6.92 Å². The molecule has 19 heavy (non-hydrogen) atoms. The number of rotatable bonds is 4. The minimum Gasteiger partial charge on any atom is -0.477 e. The number of thioether (sulfide) groups is 1. The molecule has 0 amide bonds. The molecule has 0 aliphatic heterocycles. The maximum Gasteiger partial charge on any atom is 0.342 e. The van der Waals surface area contributed by atoms with Gasteiger partial charge in [-0.3, -0.25) is 0 Å². The average molecular weight is 281 g/mol. The van der Waals surface area contributed by atoms with Crippen LogP contribution in [-0.4, -0.2) is 26.6 Å². The Hall–Kier alpha value is -2.02. The van der Waals surface area contributed by atoms with Crippen LogP contribution in [0.5, 0.6) is 0 Å². The fourth-order valence-electron chi connectivity index (χ4n) is 1.63. The molecule has 3 N–H and O–H groups in total. The van der Waals surface area contributed by atoms with Crippen LogP contribution in [0.25, 0.3) is 5.69 Å². The van der Waals surface area contributed by atoms with E-state index in [4.69, 9.17) is 5.73 Å². The normalized spacial score (nSPS) is 10.6. The van der Waals surface area contributed by atoms with Crippen LogP contribution in [-0.2, 0) is 0 Å². The number of carbonyl (C=O) groups is 1. The molecule has 2 aromatic rings. The number of halogens is 1. The standard InChI is InChI=1S/C12H12FN3O2S/c1-2-19-11-9(12(17)18)10(14)16(15-11)8-5-3-7(13)4-6-8/h3-6H,2,14H2,1H3,(H,17,18). The lowest BCUT2D eigenvalue weighted by atomic mass is 10.3. The molecule has 1 heterocycles. The second-order valence-corrected chi connectivity index (χ2v) is 4.94. The van der Waals surface area contributed by atoms with E-state index >= 15 is 0 Å². The van der Waals surface area contributed by atoms with Crippen molar-refractivity contribution in [3.8, 4) is 5.69 Å². The Morgan fingerprint density at radius 1 is 1.47 bits per heavy atom. The van der Waals surface area contributed by atoms with Crippen molar-refractivity contribution in [2.45, 2.75) is 11.9 Å². The van der Waals surface area contributed by atoms with E-state index < -0.39 is 5.97 Å². The van der Waals surface area contributed by atoms with Gasteiger partial charge < -0.3 is 10.8 Å². The number of aromatic nitrogens is 2. The van der Waals surface area contributed by atoms with Gasteiger partial charge in [0.05, 0.1) is 5.69 Å². The number of carboxylic acids is 1. The Kier molecular flexibility index (Phi) is 3.75. The Morgan fingerprint density at radius 3 is 2.63 bits per heavy atom. The van der Waals surface area contributed by atoms with Crippen molar-refractivity contribution in [2.24, 2.45) is 0 Å². The zero-order valence-electron chi connectivity index (χ0n) is 10.1. The van der Waals surface area contributed by atoms with Crippen LogP contribution in [0, 0.1) is 5.82 Å². The zero-order chi connectivity index (χ0) is 14.0. The first-order chi connectivity index (χ1) is 9.04. The molecule has 1 aromatic heterocycles. The van der Waals surface area contributed by atoms with Gasteiger partial charge >= 0.3 is 5.97 Å². The molecule has 0 unspecified atom stereocenters. The van der Waals surface area contributed by atoms with Gasteiger partial charge in [-0.2, -0.15) is 5.10 Å². The number of nitrogen functional groups attached to an aromatic ring is 1. The number of hydrogen-bond donors (Lipinski definition) is 2. The molecule has 0 saturated heterocycles. The summed E-state index contributed by atoms with van der Waals surface area (Å²) in [7, 11) is 0. The highest BCUT2D eigenvalue weighted by molar-refractivity contribution is 7.99. The minimum absolute atomic E-state index is 0.0174. The predicted molar refractivity (Wildman–Crippen MR) is 71.3 cm³/mol. The van der Waals surface area contributed by atoms with E-state index in [1.165, 1.54) is 40.7 Å². The van der Waals surface area contributed by atoms with E-state index in [0.717, 1.165) is 0 Å². The number of carboxylic acid groups (broad SMARTS) is 1. The zero-order valence-corrected chi connectivity index (χ0v) is 10.9. The molecule has 1 aromatic carbocycles. The minimum atomic E-state index is -1.12. The maximum atomic E-state index is 12.9. The van der Waals surface area contributed by atoms with Gasteiger partial charge in [-0.15, -0.1) is 11.8 Å². The summed E-state index contributed by atoms with van der Waals surface area (Å²) in [5.74, 6) is -0.784. The van der Waals surface area contributed by atoms with Crippen LogP contribution < -0.4 is 5.73 Å². The van der Waals surface area contributed by atoms with E-state index in [1.807, 2.05) is 6.92 Å². The first-order valence-corrected chi connectivity index (χ1v) is 6.53. The lowest BCUT2D eigenvalue weighted by Gasteiger charge is -2.03. The molecule has 0 aliphatic carbocycles. The van der Waals surface area contributed by atoms with Crippen LogP contribution in [0.3, 0.4) is 0 Å². The lowest BCUT2D eigenvalue weighted by Crippen LogP contribution is -2.05. The van der Waals surface area contributed by atoms with Crippen molar-refractivity contribution in [1.82, 2.24) is 9.78 Å². The molecule has 5 nitrogen and oxygen atoms in total. The Balaban J connectivity index is 2.55. The molecular weight excluding hydrogens is 269 g/mol. The van der Waals surface area contributed by atoms with Gasteiger partial charge in [0.1, 0.15) is 22.2 Å².